The zero-order chi connectivity index (χ0) is 41.1. The van der Waals surface area contributed by atoms with Crippen molar-refractivity contribution in [2.45, 2.75) is 6.92 Å². The predicted octanol–water partition coefficient (Wildman–Crippen LogP) is 7.84. The van der Waals surface area contributed by atoms with E-state index in [0.29, 0.717) is 0 Å². The van der Waals surface area contributed by atoms with Gasteiger partial charge in [0.05, 0.1) is 27.6 Å². The molecule has 0 bridgehead atoms. The number of para-hydroxylation sites is 4. The fourth-order valence-electron chi connectivity index (χ4n) is 11.2. The molecule has 0 fully saturated rings. The van der Waals surface area contributed by atoms with Gasteiger partial charge in [0.1, 0.15) is 0 Å². The van der Waals surface area contributed by atoms with Gasteiger partial charge in [-0.3, -0.25) is 8.97 Å². The second-order valence-corrected chi connectivity index (χ2v) is 16.7. The number of nitrogens with zero attached hydrogens (tertiary/aromatic N) is 4. The fraction of sp³-hybridized carbons (Fsp3) is 0.0179. The van der Waals surface area contributed by atoms with Gasteiger partial charge in [0.25, 0.3) is 0 Å². The van der Waals surface area contributed by atoms with E-state index in [1.54, 1.807) is 0 Å². The van der Waals surface area contributed by atoms with Crippen LogP contribution < -0.4 is 37.9 Å². The first-order chi connectivity index (χ1) is 30.7. The van der Waals surface area contributed by atoms with Crippen molar-refractivity contribution in [2.75, 3.05) is 0 Å². The van der Waals surface area contributed by atoms with E-state index in [-0.39, 0.29) is 13.4 Å². The van der Waals surface area contributed by atoms with E-state index < -0.39 is 0 Å². The van der Waals surface area contributed by atoms with Crippen LogP contribution in [0.2, 0.25) is 0 Å². The summed E-state index contributed by atoms with van der Waals surface area (Å²) in [5.41, 5.74) is 20.6. The largest absolute Gasteiger partial charge is 0.311 e. The van der Waals surface area contributed by atoms with Gasteiger partial charge in [0.15, 0.2) is 0 Å². The van der Waals surface area contributed by atoms with Crippen LogP contribution in [-0.2, 0) is 0 Å². The summed E-state index contributed by atoms with van der Waals surface area (Å²) in [6, 6.07) is 68.8. The van der Waals surface area contributed by atoms with Crippen LogP contribution in [0.5, 0.6) is 0 Å². The molecule has 3 aromatic heterocycles. The van der Waals surface area contributed by atoms with Crippen molar-refractivity contribution >= 4 is 91.0 Å². The molecule has 8 aromatic carbocycles. The maximum atomic E-state index is 5.45. The van der Waals surface area contributed by atoms with Gasteiger partial charge in [-0.25, -0.2) is 4.98 Å². The summed E-state index contributed by atoms with van der Waals surface area (Å²) >= 11 is 0. The molecule has 0 saturated carbocycles. The Morgan fingerprint density at radius 3 is 1.69 bits per heavy atom. The highest BCUT2D eigenvalue weighted by Crippen LogP contribution is 2.36. The van der Waals surface area contributed by atoms with E-state index in [0.717, 1.165) is 22.5 Å². The lowest BCUT2D eigenvalue weighted by atomic mass is 9.34. The van der Waals surface area contributed by atoms with Crippen molar-refractivity contribution in [1.29, 1.82) is 0 Å². The van der Waals surface area contributed by atoms with E-state index in [2.05, 4.69) is 221 Å². The van der Waals surface area contributed by atoms with E-state index in [1.807, 2.05) is 6.08 Å². The average Bonchev–Trinajstić information content (AvgIpc) is 3.98. The van der Waals surface area contributed by atoms with E-state index in [1.165, 1.54) is 93.2 Å². The summed E-state index contributed by atoms with van der Waals surface area (Å²) in [5.74, 6) is 0.918. The predicted molar refractivity (Wildman–Crippen MR) is 263 cm³/mol. The Kier molecular flexibility index (Phi) is 7.53. The molecule has 0 unspecified atom stereocenters. The molecule has 0 saturated heterocycles. The lowest BCUT2D eigenvalue weighted by Gasteiger charge is -2.29. The fourth-order valence-corrected chi connectivity index (χ4v) is 11.2. The Hall–Kier alpha value is -7.82. The van der Waals surface area contributed by atoms with Crippen molar-refractivity contribution in [2.24, 2.45) is 0 Å². The molecule has 288 valence electrons. The summed E-state index contributed by atoms with van der Waals surface area (Å²) in [4.78, 5) is 5.45. The number of hydrogen-bond donors (Lipinski definition) is 0. The first-order valence-electron chi connectivity index (χ1n) is 21.5. The Labute approximate surface area is 359 Å². The Morgan fingerprint density at radius 2 is 1.03 bits per heavy atom. The maximum Gasteiger partial charge on any atom is 0.247 e. The van der Waals surface area contributed by atoms with Crippen LogP contribution in [-0.4, -0.2) is 31.9 Å². The molecular weight excluding hydrogens is 750 g/mol. The van der Waals surface area contributed by atoms with Gasteiger partial charge in [-0.2, -0.15) is 0 Å². The minimum Gasteiger partial charge on any atom is -0.311 e. The molecule has 0 radical (unpaired) electrons. The second-order valence-electron chi connectivity index (χ2n) is 16.7. The summed E-state index contributed by atoms with van der Waals surface area (Å²) in [6.45, 7) is 6.67. The van der Waals surface area contributed by atoms with Gasteiger partial charge < -0.3 is 4.57 Å². The van der Waals surface area contributed by atoms with Gasteiger partial charge >= 0.3 is 0 Å². The van der Waals surface area contributed by atoms with Gasteiger partial charge in [0.2, 0.25) is 19.2 Å². The van der Waals surface area contributed by atoms with Crippen molar-refractivity contribution < 1.29 is 0 Å². The van der Waals surface area contributed by atoms with Crippen LogP contribution in [0.4, 0.5) is 0 Å². The van der Waals surface area contributed by atoms with E-state index in [9.17, 15) is 0 Å². The number of hydrogen-bond acceptors (Lipinski definition) is 1. The third-order valence-corrected chi connectivity index (χ3v) is 13.6. The molecule has 0 aliphatic carbocycles. The number of rotatable bonds is 5. The van der Waals surface area contributed by atoms with Crippen molar-refractivity contribution in [3.8, 4) is 33.6 Å². The van der Waals surface area contributed by atoms with Gasteiger partial charge in [-0.1, -0.05) is 193 Å². The van der Waals surface area contributed by atoms with Crippen LogP contribution in [0.1, 0.15) is 6.92 Å². The number of aromatic nitrogens is 4. The summed E-state index contributed by atoms with van der Waals surface area (Å²) < 4.78 is 7.45. The van der Waals surface area contributed by atoms with Gasteiger partial charge in [0, 0.05) is 27.3 Å². The monoisotopic (exact) mass is 788 g/mol. The molecule has 62 heavy (non-hydrogen) atoms. The summed E-state index contributed by atoms with van der Waals surface area (Å²) in [5, 5.41) is 3.59. The topological polar surface area (TPSA) is 27.2 Å². The highest BCUT2D eigenvalue weighted by Gasteiger charge is 2.39. The Balaban J connectivity index is 1.25. The molecule has 2 aliphatic rings. The molecule has 11 aromatic rings. The molecule has 0 spiro atoms. The lowest BCUT2D eigenvalue weighted by Crippen LogP contribution is -2.56. The number of fused-ring (bicyclic) bond motifs is 13. The first-order valence-corrected chi connectivity index (χ1v) is 21.5. The molecule has 13 rings (SSSR count). The molecule has 5 heterocycles. The minimum atomic E-state index is -0.0553. The molecular formula is C56H38B2N4. The van der Waals surface area contributed by atoms with Crippen LogP contribution in [0.15, 0.2) is 201 Å². The molecule has 0 N–H and O–H groups in total. The van der Waals surface area contributed by atoms with E-state index in [4.69, 9.17) is 4.98 Å². The Bertz CT molecular complexity index is 3800. The third kappa shape index (κ3) is 4.72. The highest BCUT2D eigenvalue weighted by molar-refractivity contribution is 7.00. The van der Waals surface area contributed by atoms with Crippen LogP contribution in [0.25, 0.3) is 83.9 Å². The van der Waals surface area contributed by atoms with Crippen LogP contribution in [0, 0.1) is 0 Å². The van der Waals surface area contributed by atoms with Crippen molar-refractivity contribution in [3.05, 3.63) is 211 Å². The van der Waals surface area contributed by atoms with E-state index >= 15 is 0 Å². The minimum absolute atomic E-state index is 0.0236. The van der Waals surface area contributed by atoms with Crippen molar-refractivity contribution in [3.63, 3.8) is 0 Å². The zero-order valence-corrected chi connectivity index (χ0v) is 34.2. The Morgan fingerprint density at radius 1 is 0.500 bits per heavy atom. The lowest BCUT2D eigenvalue weighted by molar-refractivity contribution is 1.06. The smallest absolute Gasteiger partial charge is 0.247 e. The zero-order valence-electron chi connectivity index (χ0n) is 34.2. The second kappa shape index (κ2) is 13.3. The summed E-state index contributed by atoms with van der Waals surface area (Å²) in [7, 11) is 0. The quantitative estimate of drug-likeness (QED) is 0.164. The SMILES string of the molecule is C=C/C=c1\c2n(c3cc4c5c(c13)n1c3ccccc3nc1n5-c1ccccc1B4c1ccccc1-c1ccccc1)-c1ccccc1B(c1ccccc1-c1ccccc1)C=2C. The normalized spacial score (nSPS) is 13.3. The van der Waals surface area contributed by atoms with Gasteiger partial charge in [-0.05, 0) is 75.9 Å². The maximum absolute atomic E-state index is 5.45. The van der Waals surface area contributed by atoms with Crippen LogP contribution >= 0.6 is 0 Å². The van der Waals surface area contributed by atoms with Crippen LogP contribution in [0.3, 0.4) is 0 Å². The van der Waals surface area contributed by atoms with Crippen molar-refractivity contribution in [1.82, 2.24) is 18.5 Å². The highest BCUT2D eigenvalue weighted by atomic mass is 15.2. The number of benzene rings is 8. The van der Waals surface area contributed by atoms with Gasteiger partial charge in [-0.15, -0.1) is 0 Å². The molecule has 0 amide bonds. The summed E-state index contributed by atoms with van der Waals surface area (Å²) in [6.07, 6.45) is 4.21. The molecule has 6 heteroatoms. The first kappa shape index (κ1) is 35.0. The number of imidazole rings is 2. The third-order valence-electron chi connectivity index (χ3n) is 13.6. The molecule has 0 atom stereocenters. The molecule has 4 nitrogen and oxygen atoms in total. The standard InChI is InChI=1S/C56H38B2N4/c1-3-20-41-52-51(60-48-32-17-14-29-44(48)57(36(2)53(41)60)42-27-12-10-25-39(42)37-21-6-4-7-22-37)35-46-54-55(52)62-50-34-19-16-31-47(50)59-56(62)61(54)49-33-18-15-30-45(49)58(46)43-28-13-11-26-40(43)38-23-8-5-9-24-38/h3-35H,1H2,2H3/b41-20-. The molecule has 2 aliphatic heterocycles. The number of allylic oxidation sites excluding steroid dienone is 1. The average molecular weight is 789 g/mol.